The lowest BCUT2D eigenvalue weighted by Crippen LogP contribution is -2.67. The Kier molecular flexibility index (Phi) is 5.35. The average Bonchev–Trinajstić information content (AvgIpc) is 2.73. The average molecular weight is 590 g/mol. The third-order valence-electron chi connectivity index (χ3n) is 5.92. The van der Waals surface area contributed by atoms with Crippen LogP contribution in [0.3, 0.4) is 0 Å². The topological polar surface area (TPSA) is 60.4 Å². The molecule has 1 aliphatic carbocycles. The fourth-order valence-electron chi connectivity index (χ4n) is 4.36. The van der Waals surface area contributed by atoms with E-state index >= 15 is 8.78 Å². The molecular weight excluding hydrogens is 577 g/mol. The molecule has 4 rings (SSSR count). The number of Topliss-reactive ketones (excluding diaryl/α,β-unsaturated/α-hetero) is 1. The lowest BCUT2D eigenvalue weighted by atomic mass is 9.71. The van der Waals surface area contributed by atoms with Gasteiger partial charge in [0.1, 0.15) is 20.6 Å². The summed E-state index contributed by atoms with van der Waals surface area (Å²) in [7, 11) is -4.87. The number of ether oxygens (including phenoxy) is 1. The molecule has 12 heteroatoms. The highest BCUT2D eigenvalue weighted by Crippen LogP contribution is 2.61. The van der Waals surface area contributed by atoms with Crippen molar-refractivity contribution >= 4 is 38.2 Å². The van der Waals surface area contributed by atoms with Crippen molar-refractivity contribution < 1.29 is 44.3 Å². The molecule has 0 unspecified atom stereocenters. The van der Waals surface area contributed by atoms with E-state index < -0.39 is 89.0 Å². The van der Waals surface area contributed by atoms with Crippen LogP contribution in [0.2, 0.25) is 0 Å². The summed E-state index contributed by atoms with van der Waals surface area (Å²) < 4.78 is 112. The van der Waals surface area contributed by atoms with Crippen molar-refractivity contribution in [3.05, 3.63) is 59.2 Å². The number of alkyl halides is 5. The molecule has 0 saturated heterocycles. The predicted octanol–water partition coefficient (Wildman–Crippen LogP) is 4.92. The number of ketones is 1. The summed E-state index contributed by atoms with van der Waals surface area (Å²) in [6.45, 7) is -0.770. The molecule has 1 heterocycles. The number of carbonyl (C=O) groups is 1. The van der Waals surface area contributed by atoms with Crippen LogP contribution in [0.15, 0.2) is 41.3 Å². The SMILES string of the molecule is O=C1CC[C@@]2(S(=O)(=O)c3ccc(C(F)(F)F)cc3)c3c(F)ccc(F)c3OC[C@@]2(I)[C@@H]1F. The van der Waals surface area contributed by atoms with Gasteiger partial charge >= 0.3 is 6.18 Å². The Labute approximate surface area is 192 Å². The van der Waals surface area contributed by atoms with Crippen LogP contribution < -0.4 is 4.74 Å². The molecule has 2 aromatic carbocycles. The molecule has 0 spiro atoms. The molecule has 0 radical (unpaired) electrons. The van der Waals surface area contributed by atoms with E-state index in [1.54, 1.807) is 0 Å². The van der Waals surface area contributed by atoms with Crippen LogP contribution in [-0.2, 0) is 25.6 Å². The maximum absolute atomic E-state index is 15.3. The summed E-state index contributed by atoms with van der Waals surface area (Å²) in [4.78, 5) is 11.5. The van der Waals surface area contributed by atoms with Gasteiger partial charge in [0.05, 0.1) is 16.0 Å². The van der Waals surface area contributed by atoms with Crippen molar-refractivity contribution in [3.8, 4) is 5.75 Å². The minimum Gasteiger partial charge on any atom is -0.488 e. The highest BCUT2D eigenvalue weighted by molar-refractivity contribution is 14.1. The molecule has 0 amide bonds. The van der Waals surface area contributed by atoms with Gasteiger partial charge in [-0.2, -0.15) is 13.2 Å². The molecular formula is C20H13F6IO4S. The van der Waals surface area contributed by atoms with Gasteiger partial charge in [-0.1, -0.05) is 22.6 Å². The zero-order valence-corrected chi connectivity index (χ0v) is 18.8. The zero-order valence-electron chi connectivity index (χ0n) is 15.8. The van der Waals surface area contributed by atoms with Crippen molar-refractivity contribution in [2.75, 3.05) is 6.61 Å². The number of rotatable bonds is 2. The van der Waals surface area contributed by atoms with E-state index in [9.17, 15) is 30.8 Å². The van der Waals surface area contributed by atoms with E-state index in [1.807, 2.05) is 0 Å². The fraction of sp³-hybridized carbons (Fsp3) is 0.350. The van der Waals surface area contributed by atoms with Crippen LogP contribution in [0.4, 0.5) is 26.3 Å². The number of hydrogen-bond acceptors (Lipinski definition) is 4. The highest BCUT2D eigenvalue weighted by Gasteiger charge is 2.71. The Morgan fingerprint density at radius 3 is 2.22 bits per heavy atom. The molecule has 4 nitrogen and oxygen atoms in total. The van der Waals surface area contributed by atoms with Crippen LogP contribution in [0.25, 0.3) is 0 Å². The molecule has 0 aromatic heterocycles. The van der Waals surface area contributed by atoms with Crippen molar-refractivity contribution in [3.63, 3.8) is 0 Å². The third-order valence-corrected chi connectivity index (χ3v) is 10.6. The van der Waals surface area contributed by atoms with Crippen LogP contribution in [-0.4, -0.2) is 30.4 Å². The van der Waals surface area contributed by atoms with Gasteiger partial charge in [-0.15, -0.1) is 0 Å². The van der Waals surface area contributed by atoms with Gasteiger partial charge in [0.15, 0.2) is 33.4 Å². The molecule has 1 aliphatic heterocycles. The molecule has 1 fully saturated rings. The largest absolute Gasteiger partial charge is 0.488 e. The van der Waals surface area contributed by atoms with Gasteiger partial charge < -0.3 is 4.74 Å². The summed E-state index contributed by atoms with van der Waals surface area (Å²) in [5, 5.41) is 0. The molecule has 3 atom stereocenters. The second-order valence-corrected chi connectivity index (χ2v) is 11.7. The summed E-state index contributed by atoms with van der Waals surface area (Å²) >= 11 is 1.39. The maximum Gasteiger partial charge on any atom is 0.416 e. The molecule has 32 heavy (non-hydrogen) atoms. The van der Waals surface area contributed by atoms with E-state index in [0.717, 1.165) is 0 Å². The van der Waals surface area contributed by atoms with Crippen molar-refractivity contribution in [2.45, 2.75) is 38.3 Å². The van der Waals surface area contributed by atoms with Gasteiger partial charge in [-0.05, 0) is 42.8 Å². The first-order chi connectivity index (χ1) is 14.8. The standard InChI is InChI=1S/C20H13F6IO4S/c21-12-5-6-13(22)16-15(12)19(8-7-14(28)17(23)18(19,27)9-31-16)32(29,30)11-3-1-10(2-4-11)20(24,25)26/h1-6,17H,7-9H2/t17-,18-,19-/m1/s1. The van der Waals surface area contributed by atoms with E-state index in [2.05, 4.69) is 0 Å². The zero-order chi connectivity index (χ0) is 23.7. The van der Waals surface area contributed by atoms with E-state index in [1.165, 1.54) is 22.6 Å². The van der Waals surface area contributed by atoms with E-state index in [-0.39, 0.29) is 0 Å². The van der Waals surface area contributed by atoms with Crippen LogP contribution in [0.1, 0.15) is 24.0 Å². The minimum absolute atomic E-state index is 0.529. The smallest absolute Gasteiger partial charge is 0.416 e. The normalized spacial score (nSPS) is 28.0. The lowest BCUT2D eigenvalue weighted by molar-refractivity contribution is -0.137. The number of halogens is 7. The molecule has 2 aromatic rings. The van der Waals surface area contributed by atoms with Gasteiger partial charge in [0.2, 0.25) is 0 Å². The van der Waals surface area contributed by atoms with Gasteiger partial charge in [0, 0.05) is 6.42 Å². The lowest BCUT2D eigenvalue weighted by Gasteiger charge is -2.53. The maximum atomic E-state index is 15.3. The molecule has 172 valence electrons. The van der Waals surface area contributed by atoms with Crippen LogP contribution in [0.5, 0.6) is 5.75 Å². The first kappa shape index (κ1) is 23.3. The van der Waals surface area contributed by atoms with E-state index in [4.69, 9.17) is 4.74 Å². The van der Waals surface area contributed by atoms with Crippen molar-refractivity contribution in [2.24, 2.45) is 0 Å². The molecule has 0 N–H and O–H groups in total. The minimum atomic E-state index is -4.87. The van der Waals surface area contributed by atoms with Crippen molar-refractivity contribution in [1.82, 2.24) is 0 Å². The summed E-state index contributed by atoms with van der Waals surface area (Å²) in [6, 6.07) is 3.80. The Morgan fingerprint density at radius 2 is 1.62 bits per heavy atom. The number of carbonyl (C=O) groups excluding carboxylic acids is 1. The molecule has 2 aliphatic rings. The molecule has 0 bridgehead atoms. The van der Waals surface area contributed by atoms with Gasteiger partial charge in [0.25, 0.3) is 0 Å². The summed E-state index contributed by atoms with van der Waals surface area (Å²) in [5.41, 5.74) is -1.89. The first-order valence-electron chi connectivity index (χ1n) is 9.16. The number of sulfone groups is 1. The van der Waals surface area contributed by atoms with Crippen molar-refractivity contribution in [1.29, 1.82) is 0 Å². The van der Waals surface area contributed by atoms with Gasteiger partial charge in [-0.25, -0.2) is 21.6 Å². The Morgan fingerprint density at radius 1 is 1.03 bits per heavy atom. The van der Waals surface area contributed by atoms with Gasteiger partial charge in [-0.3, -0.25) is 4.79 Å². The predicted molar refractivity (Wildman–Crippen MR) is 108 cm³/mol. The van der Waals surface area contributed by atoms with E-state index in [0.29, 0.717) is 36.4 Å². The Hall–Kier alpha value is -1.83. The monoisotopic (exact) mass is 590 g/mol. The first-order valence-corrected chi connectivity index (χ1v) is 11.7. The number of benzene rings is 2. The summed E-state index contributed by atoms with van der Waals surface area (Å²) in [6.07, 6.45) is -8.34. The number of fused-ring (bicyclic) bond motifs is 3. The summed E-state index contributed by atoms with van der Waals surface area (Å²) in [5.74, 6) is -3.94. The Bertz CT molecular complexity index is 1210. The Balaban J connectivity index is 2.04. The number of hydrogen-bond donors (Lipinski definition) is 0. The molecule has 1 saturated carbocycles. The third kappa shape index (κ3) is 3.01. The quantitative estimate of drug-likeness (QED) is 0.283. The second-order valence-electron chi connectivity index (χ2n) is 7.57. The second kappa shape index (κ2) is 7.34. The van der Waals surface area contributed by atoms with Crippen LogP contribution >= 0.6 is 22.6 Å². The fourth-order valence-corrected chi connectivity index (χ4v) is 8.61. The highest BCUT2D eigenvalue weighted by atomic mass is 127. The van der Waals surface area contributed by atoms with Crippen LogP contribution in [0, 0.1) is 11.6 Å².